The summed E-state index contributed by atoms with van der Waals surface area (Å²) in [6.07, 6.45) is 4.62. The Morgan fingerprint density at radius 1 is 1.47 bits per heavy atom. The largest absolute Gasteiger partial charge is 0.387 e. The highest BCUT2D eigenvalue weighted by atomic mass is 32.2. The van der Waals surface area contributed by atoms with E-state index in [2.05, 4.69) is 4.98 Å². The van der Waals surface area contributed by atoms with Crippen molar-refractivity contribution in [3.8, 4) is 0 Å². The maximum atomic E-state index is 13.6. The lowest BCUT2D eigenvalue weighted by Crippen LogP contribution is -2.16. The maximum absolute atomic E-state index is 13.6. The normalized spacial score (nSPS) is 22.7. The predicted molar refractivity (Wildman–Crippen MR) is 63.2 cm³/mol. The molecular weight excluding hydrogens is 239 g/mol. The molecule has 5 heteroatoms. The van der Waals surface area contributed by atoms with Gasteiger partial charge in [-0.2, -0.15) is 0 Å². The Bertz CT molecular complexity index is 529. The van der Waals surface area contributed by atoms with Gasteiger partial charge in [0.15, 0.2) is 0 Å². The molecule has 2 aromatic rings. The molecule has 1 aliphatic rings. The van der Waals surface area contributed by atoms with Gasteiger partial charge in [0.25, 0.3) is 0 Å². The fourth-order valence-corrected chi connectivity index (χ4v) is 3.37. The molecular formula is C12H11FN2OS. The summed E-state index contributed by atoms with van der Waals surface area (Å²) < 4.78 is 15.5. The van der Waals surface area contributed by atoms with Crippen LogP contribution in [0.4, 0.5) is 4.39 Å². The molecule has 0 fully saturated rings. The van der Waals surface area contributed by atoms with Gasteiger partial charge in [-0.3, -0.25) is 0 Å². The summed E-state index contributed by atoms with van der Waals surface area (Å²) in [5, 5.41) is 10.1. The molecule has 2 atom stereocenters. The second kappa shape index (κ2) is 4.16. The molecule has 88 valence electrons. The molecule has 1 N–H and O–H groups in total. The monoisotopic (exact) mass is 250 g/mol. The van der Waals surface area contributed by atoms with Crippen molar-refractivity contribution in [2.45, 2.75) is 22.8 Å². The Balaban J connectivity index is 1.86. The van der Waals surface area contributed by atoms with Crippen LogP contribution in [-0.4, -0.2) is 19.9 Å². The SMILES string of the molecule is OC1c2cccc(F)c2SC1Cn1ccnc1. The molecule has 1 aromatic carbocycles. The van der Waals surface area contributed by atoms with E-state index in [-0.39, 0.29) is 11.1 Å². The van der Waals surface area contributed by atoms with Gasteiger partial charge in [0.1, 0.15) is 5.82 Å². The molecule has 17 heavy (non-hydrogen) atoms. The Labute approximate surface area is 102 Å². The minimum Gasteiger partial charge on any atom is -0.387 e. The molecule has 1 aliphatic heterocycles. The number of rotatable bonds is 2. The van der Waals surface area contributed by atoms with Crippen molar-refractivity contribution in [1.29, 1.82) is 0 Å². The molecule has 0 bridgehead atoms. The van der Waals surface area contributed by atoms with Crippen molar-refractivity contribution < 1.29 is 9.50 Å². The van der Waals surface area contributed by atoms with Crippen molar-refractivity contribution in [3.05, 3.63) is 48.3 Å². The van der Waals surface area contributed by atoms with Gasteiger partial charge in [-0.1, -0.05) is 12.1 Å². The first-order chi connectivity index (χ1) is 8.25. The van der Waals surface area contributed by atoms with Crippen LogP contribution in [0.1, 0.15) is 11.7 Å². The first kappa shape index (κ1) is 10.8. The van der Waals surface area contributed by atoms with Crippen LogP contribution in [0.2, 0.25) is 0 Å². The highest BCUT2D eigenvalue weighted by Crippen LogP contribution is 2.45. The zero-order valence-corrected chi connectivity index (χ0v) is 9.77. The van der Waals surface area contributed by atoms with Gasteiger partial charge in [0.2, 0.25) is 0 Å². The smallest absolute Gasteiger partial charge is 0.137 e. The fourth-order valence-electron chi connectivity index (χ4n) is 2.04. The average Bonchev–Trinajstić information content (AvgIpc) is 2.92. The molecule has 0 aliphatic carbocycles. The number of hydrogen-bond donors (Lipinski definition) is 1. The van der Waals surface area contributed by atoms with Crippen molar-refractivity contribution >= 4 is 11.8 Å². The molecule has 3 nitrogen and oxygen atoms in total. The highest BCUT2D eigenvalue weighted by molar-refractivity contribution is 8.00. The summed E-state index contributed by atoms with van der Waals surface area (Å²) in [6, 6.07) is 4.85. The molecule has 2 heterocycles. The number of nitrogens with zero attached hydrogens (tertiary/aromatic N) is 2. The second-order valence-corrected chi connectivity index (χ2v) is 5.27. The minimum atomic E-state index is -0.618. The van der Waals surface area contributed by atoms with Crippen LogP contribution in [0.3, 0.4) is 0 Å². The summed E-state index contributed by atoms with van der Waals surface area (Å²) in [5.41, 5.74) is 0.695. The van der Waals surface area contributed by atoms with E-state index in [0.717, 1.165) is 0 Å². The van der Waals surface area contributed by atoms with Crippen LogP contribution in [0, 0.1) is 5.82 Å². The standard InChI is InChI=1S/C12H11FN2OS/c13-9-3-1-2-8-11(16)10(17-12(8)9)6-15-5-4-14-7-15/h1-5,7,10-11,16H,6H2. The van der Waals surface area contributed by atoms with E-state index in [4.69, 9.17) is 0 Å². The Kier molecular flexibility index (Phi) is 2.64. The number of fused-ring (bicyclic) bond motifs is 1. The number of hydrogen-bond acceptors (Lipinski definition) is 3. The zero-order valence-electron chi connectivity index (χ0n) is 8.95. The van der Waals surface area contributed by atoms with Gasteiger partial charge in [-0.15, -0.1) is 11.8 Å². The van der Waals surface area contributed by atoms with Gasteiger partial charge in [-0.25, -0.2) is 9.37 Å². The highest BCUT2D eigenvalue weighted by Gasteiger charge is 2.33. The van der Waals surface area contributed by atoms with Crippen LogP contribution >= 0.6 is 11.8 Å². The average molecular weight is 250 g/mol. The molecule has 2 unspecified atom stereocenters. The van der Waals surface area contributed by atoms with Crippen LogP contribution < -0.4 is 0 Å². The summed E-state index contributed by atoms with van der Waals surface area (Å²) in [7, 11) is 0. The van der Waals surface area contributed by atoms with Crippen molar-refractivity contribution in [1.82, 2.24) is 9.55 Å². The Morgan fingerprint density at radius 2 is 2.35 bits per heavy atom. The third-order valence-electron chi connectivity index (χ3n) is 2.89. The van der Waals surface area contributed by atoms with Crippen molar-refractivity contribution in [2.75, 3.05) is 0 Å². The van der Waals surface area contributed by atoms with E-state index in [0.29, 0.717) is 17.0 Å². The topological polar surface area (TPSA) is 38.0 Å². The third kappa shape index (κ3) is 1.85. The van der Waals surface area contributed by atoms with Crippen molar-refractivity contribution in [2.24, 2.45) is 0 Å². The number of aliphatic hydroxyl groups excluding tert-OH is 1. The zero-order chi connectivity index (χ0) is 11.8. The lowest BCUT2D eigenvalue weighted by atomic mass is 10.1. The predicted octanol–water partition coefficient (Wildman–Crippen LogP) is 2.23. The van der Waals surface area contributed by atoms with Crippen molar-refractivity contribution in [3.63, 3.8) is 0 Å². The number of aliphatic hydroxyl groups is 1. The van der Waals surface area contributed by atoms with Gasteiger partial charge in [-0.05, 0) is 11.6 Å². The molecule has 0 saturated carbocycles. The van der Waals surface area contributed by atoms with Crippen LogP contribution in [0.5, 0.6) is 0 Å². The number of aromatic nitrogens is 2. The van der Waals surface area contributed by atoms with Gasteiger partial charge >= 0.3 is 0 Å². The van der Waals surface area contributed by atoms with Gasteiger partial charge in [0, 0.05) is 23.8 Å². The quantitative estimate of drug-likeness (QED) is 0.888. The first-order valence-electron chi connectivity index (χ1n) is 5.34. The Hall–Kier alpha value is -1.33. The number of halogens is 1. The van der Waals surface area contributed by atoms with Crippen LogP contribution in [-0.2, 0) is 6.54 Å². The van der Waals surface area contributed by atoms with E-state index in [1.807, 2.05) is 10.8 Å². The number of imidazole rings is 1. The molecule has 0 spiro atoms. The van der Waals surface area contributed by atoms with E-state index in [9.17, 15) is 9.50 Å². The van der Waals surface area contributed by atoms with Gasteiger partial charge in [0.05, 0.1) is 17.7 Å². The molecule has 1 aromatic heterocycles. The van der Waals surface area contributed by atoms with E-state index in [1.54, 1.807) is 24.7 Å². The summed E-state index contributed by atoms with van der Waals surface area (Å²) in [4.78, 5) is 4.53. The summed E-state index contributed by atoms with van der Waals surface area (Å²) in [5.74, 6) is -0.250. The number of thioether (sulfide) groups is 1. The lowest BCUT2D eigenvalue weighted by molar-refractivity contribution is 0.169. The molecule has 0 amide bonds. The maximum Gasteiger partial charge on any atom is 0.137 e. The molecule has 3 rings (SSSR count). The van der Waals surface area contributed by atoms with Crippen LogP contribution in [0.25, 0.3) is 0 Å². The third-order valence-corrected chi connectivity index (χ3v) is 4.26. The molecule has 0 radical (unpaired) electrons. The van der Waals surface area contributed by atoms with E-state index < -0.39 is 6.10 Å². The first-order valence-corrected chi connectivity index (χ1v) is 6.22. The fraction of sp³-hybridized carbons (Fsp3) is 0.250. The number of benzene rings is 1. The van der Waals surface area contributed by atoms with E-state index in [1.165, 1.54) is 17.8 Å². The molecule has 0 saturated heterocycles. The van der Waals surface area contributed by atoms with Gasteiger partial charge < -0.3 is 9.67 Å². The van der Waals surface area contributed by atoms with Crippen LogP contribution in [0.15, 0.2) is 41.8 Å². The minimum absolute atomic E-state index is 0.0592. The summed E-state index contributed by atoms with van der Waals surface area (Å²) in [6.45, 7) is 0.625. The second-order valence-electron chi connectivity index (χ2n) is 4.02. The lowest BCUT2D eigenvalue weighted by Gasteiger charge is -2.14. The Morgan fingerprint density at radius 3 is 3.06 bits per heavy atom. The van der Waals surface area contributed by atoms with E-state index >= 15 is 0 Å². The summed E-state index contributed by atoms with van der Waals surface area (Å²) >= 11 is 1.40.